The number of nitrogens with zero attached hydrogens (tertiary/aromatic N) is 1. The molecule has 30 heavy (non-hydrogen) atoms. The minimum atomic E-state index is -3.72. The molecular weight excluding hydrogens is 402 g/mol. The summed E-state index contributed by atoms with van der Waals surface area (Å²) in [6.07, 6.45) is 3.48. The van der Waals surface area contributed by atoms with Crippen LogP contribution in [0.4, 0.5) is 5.69 Å². The molecule has 2 aliphatic carbocycles. The second kappa shape index (κ2) is 7.50. The third-order valence-corrected chi connectivity index (χ3v) is 9.58. The fourth-order valence-corrected chi connectivity index (χ4v) is 7.52. The Morgan fingerprint density at radius 3 is 2.50 bits per heavy atom. The maximum Gasteiger partial charge on any atom is 0.251 e. The molecule has 4 rings (SSSR count). The molecule has 2 N–H and O–H groups in total. The number of carbonyl (C=O) groups is 1. The van der Waals surface area contributed by atoms with Crippen molar-refractivity contribution in [3.05, 3.63) is 23.8 Å². The Morgan fingerprint density at radius 2 is 1.90 bits per heavy atom. The fourth-order valence-electron chi connectivity index (χ4n) is 5.89. The van der Waals surface area contributed by atoms with E-state index in [9.17, 15) is 13.2 Å². The number of hydrogen-bond donors (Lipinski definition) is 2. The molecule has 1 aromatic carbocycles. The van der Waals surface area contributed by atoms with Gasteiger partial charge in [-0.3, -0.25) is 4.79 Å². The molecule has 0 aromatic heterocycles. The Bertz CT molecular complexity index is 935. The summed E-state index contributed by atoms with van der Waals surface area (Å²) in [5.41, 5.74) is 1.02. The molecule has 8 heteroatoms. The molecule has 1 heterocycles. The number of nitrogens with one attached hydrogen (secondary N) is 2. The van der Waals surface area contributed by atoms with Gasteiger partial charge < -0.3 is 15.4 Å². The van der Waals surface area contributed by atoms with Crippen LogP contribution in [0.2, 0.25) is 0 Å². The quantitative estimate of drug-likeness (QED) is 0.743. The third-order valence-electron chi connectivity index (χ3n) is 7.65. The second-order valence-corrected chi connectivity index (χ2v) is 11.7. The highest BCUT2D eigenvalue weighted by atomic mass is 32.2. The molecule has 1 aromatic rings. The molecule has 1 unspecified atom stereocenters. The SMILES string of the molecule is CNc1ccc(C(=O)NC2C(C)(C)[C@@H]3CC[C@]2(C)C3)cc1S(=O)(=O)N1CCOCC1. The van der Waals surface area contributed by atoms with Gasteiger partial charge in [0.05, 0.1) is 18.9 Å². The van der Waals surface area contributed by atoms with Crippen molar-refractivity contribution in [1.29, 1.82) is 0 Å². The highest BCUT2D eigenvalue weighted by Gasteiger charge is 2.59. The van der Waals surface area contributed by atoms with E-state index in [1.54, 1.807) is 19.2 Å². The first-order valence-corrected chi connectivity index (χ1v) is 12.2. The summed E-state index contributed by atoms with van der Waals surface area (Å²) in [6.45, 7) is 8.15. The largest absolute Gasteiger partial charge is 0.387 e. The van der Waals surface area contributed by atoms with E-state index in [1.807, 2.05) is 0 Å². The summed E-state index contributed by atoms with van der Waals surface area (Å²) >= 11 is 0. The fraction of sp³-hybridized carbons (Fsp3) is 0.682. The topological polar surface area (TPSA) is 87.7 Å². The monoisotopic (exact) mass is 435 g/mol. The molecule has 3 fully saturated rings. The number of benzene rings is 1. The molecule has 1 amide bonds. The molecule has 0 radical (unpaired) electrons. The number of morpholine rings is 1. The van der Waals surface area contributed by atoms with Crippen molar-refractivity contribution < 1.29 is 17.9 Å². The summed E-state index contributed by atoms with van der Waals surface area (Å²) in [4.78, 5) is 13.3. The summed E-state index contributed by atoms with van der Waals surface area (Å²) in [7, 11) is -2.03. The Balaban J connectivity index is 1.62. The number of hydrogen-bond acceptors (Lipinski definition) is 5. The van der Waals surface area contributed by atoms with Crippen LogP contribution in [0.25, 0.3) is 0 Å². The highest BCUT2D eigenvalue weighted by Crippen LogP contribution is 2.62. The average molecular weight is 436 g/mol. The maximum atomic E-state index is 13.2. The molecule has 0 spiro atoms. The molecule has 1 saturated heterocycles. The van der Waals surface area contributed by atoms with Gasteiger partial charge in [0.15, 0.2) is 0 Å². The van der Waals surface area contributed by atoms with E-state index in [1.165, 1.54) is 16.8 Å². The molecule has 3 atom stereocenters. The third kappa shape index (κ3) is 3.42. The van der Waals surface area contributed by atoms with Gasteiger partial charge in [-0.05, 0) is 54.2 Å². The lowest BCUT2D eigenvalue weighted by molar-refractivity contribution is 0.0729. The van der Waals surface area contributed by atoms with Gasteiger partial charge in [0, 0.05) is 31.7 Å². The first-order valence-electron chi connectivity index (χ1n) is 10.8. The van der Waals surface area contributed by atoms with E-state index in [2.05, 4.69) is 31.4 Å². The standard InChI is InChI=1S/C22H33N3O4S/c1-21(2)16-7-8-22(3,14-16)20(21)24-19(26)15-5-6-17(23-4)18(13-15)30(27,28)25-9-11-29-12-10-25/h5-6,13,16,20,23H,7-12,14H2,1-4H3,(H,24,26)/t16-,20?,22-/m1/s1. The van der Waals surface area contributed by atoms with E-state index < -0.39 is 10.0 Å². The van der Waals surface area contributed by atoms with Gasteiger partial charge in [-0.25, -0.2) is 8.42 Å². The first-order chi connectivity index (χ1) is 14.1. The molecule has 3 aliphatic rings. The van der Waals surface area contributed by atoms with Crippen LogP contribution in [0.15, 0.2) is 23.1 Å². The van der Waals surface area contributed by atoms with Crippen molar-refractivity contribution in [3.63, 3.8) is 0 Å². The van der Waals surface area contributed by atoms with E-state index in [-0.39, 0.29) is 27.7 Å². The Kier molecular flexibility index (Phi) is 5.39. The Hall–Kier alpha value is -1.64. The number of carbonyl (C=O) groups excluding carboxylic acids is 1. The van der Waals surface area contributed by atoms with Crippen molar-refractivity contribution in [3.8, 4) is 0 Å². The lowest BCUT2D eigenvalue weighted by Gasteiger charge is -2.43. The Labute approximate surface area is 179 Å². The lowest BCUT2D eigenvalue weighted by atomic mass is 9.68. The summed E-state index contributed by atoms with van der Waals surface area (Å²) < 4.78 is 33.2. The predicted octanol–water partition coefficient (Wildman–Crippen LogP) is 2.69. The summed E-state index contributed by atoms with van der Waals surface area (Å²) in [5.74, 6) is 0.416. The van der Waals surface area contributed by atoms with Crippen LogP contribution in [0, 0.1) is 16.7 Å². The van der Waals surface area contributed by atoms with Gasteiger partial charge >= 0.3 is 0 Å². The molecule has 7 nitrogen and oxygen atoms in total. The zero-order valence-electron chi connectivity index (χ0n) is 18.3. The van der Waals surface area contributed by atoms with E-state index in [0.717, 1.165) is 12.8 Å². The minimum Gasteiger partial charge on any atom is -0.387 e. The number of anilines is 1. The smallest absolute Gasteiger partial charge is 0.251 e. The molecule has 1 aliphatic heterocycles. The van der Waals surface area contributed by atoms with E-state index in [4.69, 9.17) is 4.74 Å². The first kappa shape index (κ1) is 21.6. The lowest BCUT2D eigenvalue weighted by Crippen LogP contribution is -2.52. The van der Waals surface area contributed by atoms with Crippen molar-refractivity contribution in [2.45, 2.75) is 51.0 Å². The van der Waals surface area contributed by atoms with Crippen LogP contribution >= 0.6 is 0 Å². The Morgan fingerprint density at radius 1 is 1.20 bits per heavy atom. The van der Waals surface area contributed by atoms with Crippen LogP contribution < -0.4 is 10.6 Å². The van der Waals surface area contributed by atoms with E-state index in [0.29, 0.717) is 43.5 Å². The summed E-state index contributed by atoms with van der Waals surface area (Å²) in [5, 5.41) is 6.22. The van der Waals surface area contributed by atoms with Crippen LogP contribution in [0.3, 0.4) is 0 Å². The number of sulfonamides is 1. The van der Waals surface area contributed by atoms with Gasteiger partial charge in [0.1, 0.15) is 4.90 Å². The van der Waals surface area contributed by atoms with E-state index >= 15 is 0 Å². The van der Waals surface area contributed by atoms with Crippen molar-refractivity contribution in [2.75, 3.05) is 38.7 Å². The molecule has 2 saturated carbocycles. The molecular formula is C22H33N3O4S. The predicted molar refractivity (Wildman–Crippen MR) is 116 cm³/mol. The van der Waals surface area contributed by atoms with Crippen molar-refractivity contribution >= 4 is 21.6 Å². The van der Waals surface area contributed by atoms with Gasteiger partial charge in [0.25, 0.3) is 5.91 Å². The number of ether oxygens (including phenoxy) is 1. The van der Waals surface area contributed by atoms with Crippen LogP contribution in [0.1, 0.15) is 50.4 Å². The maximum absolute atomic E-state index is 13.2. The van der Waals surface area contributed by atoms with Gasteiger partial charge in [0.2, 0.25) is 10.0 Å². The number of rotatable bonds is 5. The normalized spacial score (nSPS) is 30.9. The number of amides is 1. The van der Waals surface area contributed by atoms with Crippen LogP contribution in [0.5, 0.6) is 0 Å². The van der Waals surface area contributed by atoms with Gasteiger partial charge in [-0.15, -0.1) is 0 Å². The zero-order chi connectivity index (χ0) is 21.7. The van der Waals surface area contributed by atoms with Crippen molar-refractivity contribution in [2.24, 2.45) is 16.7 Å². The minimum absolute atomic E-state index is 0.0380. The number of fused-ring (bicyclic) bond motifs is 2. The second-order valence-electron chi connectivity index (χ2n) is 9.80. The van der Waals surface area contributed by atoms with Crippen LogP contribution in [-0.4, -0.2) is 58.0 Å². The molecule has 2 bridgehead atoms. The van der Waals surface area contributed by atoms with Crippen molar-refractivity contribution in [1.82, 2.24) is 9.62 Å². The highest BCUT2D eigenvalue weighted by molar-refractivity contribution is 7.89. The van der Waals surface area contributed by atoms with Gasteiger partial charge in [-0.2, -0.15) is 4.31 Å². The van der Waals surface area contributed by atoms with Crippen LogP contribution in [-0.2, 0) is 14.8 Å². The summed E-state index contributed by atoms with van der Waals surface area (Å²) in [6, 6.07) is 4.96. The molecule has 166 valence electrons. The van der Waals surface area contributed by atoms with Gasteiger partial charge in [-0.1, -0.05) is 20.8 Å². The average Bonchev–Trinajstić information content (AvgIpc) is 3.22. The zero-order valence-corrected chi connectivity index (χ0v) is 19.1.